The van der Waals surface area contributed by atoms with Crippen molar-refractivity contribution >= 4 is 17.8 Å². The van der Waals surface area contributed by atoms with Crippen LogP contribution in [-0.2, 0) is 16.1 Å². The molecule has 25 heavy (non-hydrogen) atoms. The van der Waals surface area contributed by atoms with E-state index >= 15 is 0 Å². The van der Waals surface area contributed by atoms with Crippen molar-refractivity contribution in [3.05, 3.63) is 35.4 Å². The lowest BCUT2D eigenvalue weighted by Crippen LogP contribution is -2.44. The van der Waals surface area contributed by atoms with Crippen LogP contribution in [0.1, 0.15) is 37.7 Å². The van der Waals surface area contributed by atoms with Crippen LogP contribution in [0.5, 0.6) is 0 Å². The first-order chi connectivity index (χ1) is 11.9. The number of hydrogen-bond acceptors (Lipinski definition) is 3. The van der Waals surface area contributed by atoms with E-state index in [1.54, 1.807) is 0 Å². The number of rotatable bonds is 5. The molecule has 134 valence electrons. The molecule has 0 bridgehead atoms. The summed E-state index contributed by atoms with van der Waals surface area (Å²) >= 11 is 0. The maximum Gasteiger partial charge on any atom is 0.325 e. The molecule has 1 aliphatic carbocycles. The number of carbonyl (C=O) groups excluding carboxylic acids is 3. The molecule has 0 aromatic heterocycles. The molecule has 0 atom stereocenters. The summed E-state index contributed by atoms with van der Waals surface area (Å²) in [6.45, 7) is -0.0483. The first-order valence-electron chi connectivity index (χ1n) is 8.25. The Kier molecular flexibility index (Phi) is 4.69. The molecule has 0 radical (unpaired) electrons. The Bertz CT molecular complexity index is 697. The molecule has 1 saturated carbocycles. The zero-order chi connectivity index (χ0) is 18.0. The molecule has 2 aliphatic rings. The van der Waals surface area contributed by atoms with E-state index in [0.717, 1.165) is 35.9 Å². The zero-order valence-corrected chi connectivity index (χ0v) is 13.6. The summed E-state index contributed by atoms with van der Waals surface area (Å²) < 4.78 is 26.2. The smallest absolute Gasteiger partial charge is 0.325 e. The Morgan fingerprint density at radius 1 is 1.16 bits per heavy atom. The van der Waals surface area contributed by atoms with Crippen molar-refractivity contribution in [1.82, 2.24) is 15.5 Å². The SMILES string of the molecule is O=C(CCN1C(=O)NC2(CCCC2)C1=O)NCc1cc(F)cc(F)c1. The summed E-state index contributed by atoms with van der Waals surface area (Å²) in [7, 11) is 0. The summed E-state index contributed by atoms with van der Waals surface area (Å²) in [4.78, 5) is 37.4. The maximum absolute atomic E-state index is 13.1. The molecular formula is C17H19F2N3O3. The first kappa shape index (κ1) is 17.3. The highest BCUT2D eigenvalue weighted by atomic mass is 19.1. The summed E-state index contributed by atoms with van der Waals surface area (Å²) in [5.41, 5.74) is -0.488. The van der Waals surface area contributed by atoms with Gasteiger partial charge in [-0.2, -0.15) is 0 Å². The van der Waals surface area contributed by atoms with Gasteiger partial charge in [0.05, 0.1) is 0 Å². The summed E-state index contributed by atoms with van der Waals surface area (Å²) in [6.07, 6.45) is 2.99. The minimum Gasteiger partial charge on any atom is -0.352 e. The molecule has 6 nitrogen and oxygen atoms in total. The van der Waals surface area contributed by atoms with Gasteiger partial charge in [-0.05, 0) is 30.5 Å². The largest absolute Gasteiger partial charge is 0.352 e. The Balaban J connectivity index is 1.50. The third-order valence-corrected chi connectivity index (χ3v) is 4.68. The van der Waals surface area contributed by atoms with Crippen LogP contribution in [0.2, 0.25) is 0 Å². The van der Waals surface area contributed by atoms with Crippen molar-refractivity contribution in [3.63, 3.8) is 0 Å². The lowest BCUT2D eigenvalue weighted by Gasteiger charge is -2.19. The maximum atomic E-state index is 13.1. The molecule has 1 aliphatic heterocycles. The zero-order valence-electron chi connectivity index (χ0n) is 13.6. The second-order valence-corrected chi connectivity index (χ2v) is 6.48. The third-order valence-electron chi connectivity index (χ3n) is 4.68. The van der Waals surface area contributed by atoms with Gasteiger partial charge in [0.2, 0.25) is 5.91 Å². The number of hydrogen-bond donors (Lipinski definition) is 2. The van der Waals surface area contributed by atoms with Gasteiger partial charge >= 0.3 is 6.03 Å². The third kappa shape index (κ3) is 3.62. The van der Waals surface area contributed by atoms with Gasteiger partial charge < -0.3 is 10.6 Å². The normalized spacial score (nSPS) is 18.7. The van der Waals surface area contributed by atoms with Crippen molar-refractivity contribution < 1.29 is 23.2 Å². The molecule has 1 aromatic rings. The highest BCUT2D eigenvalue weighted by molar-refractivity contribution is 6.07. The van der Waals surface area contributed by atoms with Crippen molar-refractivity contribution in [3.8, 4) is 0 Å². The Hall–Kier alpha value is -2.51. The van der Waals surface area contributed by atoms with Crippen LogP contribution < -0.4 is 10.6 Å². The van der Waals surface area contributed by atoms with Gasteiger partial charge in [-0.25, -0.2) is 13.6 Å². The van der Waals surface area contributed by atoms with Crippen molar-refractivity contribution in [2.45, 2.75) is 44.2 Å². The van der Waals surface area contributed by atoms with Gasteiger partial charge in [0.15, 0.2) is 0 Å². The summed E-state index contributed by atoms with van der Waals surface area (Å²) in [5, 5.41) is 5.27. The number of carbonyl (C=O) groups is 3. The van der Waals surface area contributed by atoms with Gasteiger partial charge in [-0.15, -0.1) is 0 Å². The molecule has 2 fully saturated rings. The van der Waals surface area contributed by atoms with E-state index in [1.807, 2.05) is 0 Å². The molecule has 1 heterocycles. The lowest BCUT2D eigenvalue weighted by atomic mass is 9.98. The van der Waals surface area contributed by atoms with Gasteiger partial charge in [-0.1, -0.05) is 12.8 Å². The molecule has 1 saturated heterocycles. The molecule has 1 aromatic carbocycles. The van der Waals surface area contributed by atoms with Gasteiger partial charge in [-0.3, -0.25) is 14.5 Å². The van der Waals surface area contributed by atoms with Crippen LogP contribution in [-0.4, -0.2) is 34.8 Å². The lowest BCUT2D eigenvalue weighted by molar-refractivity contribution is -0.131. The number of imide groups is 1. The second kappa shape index (κ2) is 6.78. The first-order valence-corrected chi connectivity index (χ1v) is 8.25. The van der Waals surface area contributed by atoms with E-state index in [-0.39, 0.29) is 25.4 Å². The number of nitrogens with zero attached hydrogens (tertiary/aromatic N) is 1. The molecule has 8 heteroatoms. The fourth-order valence-electron chi connectivity index (χ4n) is 3.41. The number of urea groups is 1. The minimum absolute atomic E-state index is 0.0181. The number of amides is 4. The van der Waals surface area contributed by atoms with Gasteiger partial charge in [0, 0.05) is 25.6 Å². The Morgan fingerprint density at radius 3 is 2.44 bits per heavy atom. The topological polar surface area (TPSA) is 78.5 Å². The quantitative estimate of drug-likeness (QED) is 0.795. The van der Waals surface area contributed by atoms with Crippen LogP contribution in [0.3, 0.4) is 0 Å². The summed E-state index contributed by atoms with van der Waals surface area (Å²) in [5.74, 6) is -2.11. The highest BCUT2D eigenvalue weighted by Crippen LogP contribution is 2.34. The van der Waals surface area contributed by atoms with E-state index in [2.05, 4.69) is 10.6 Å². The highest BCUT2D eigenvalue weighted by Gasteiger charge is 2.52. The van der Waals surface area contributed by atoms with Gasteiger partial charge in [0.25, 0.3) is 5.91 Å². The fraction of sp³-hybridized carbons (Fsp3) is 0.471. The number of benzene rings is 1. The van der Waals surface area contributed by atoms with E-state index in [9.17, 15) is 23.2 Å². The molecule has 0 unspecified atom stereocenters. The van der Waals surface area contributed by atoms with Crippen molar-refractivity contribution in [1.29, 1.82) is 0 Å². The van der Waals surface area contributed by atoms with Crippen LogP contribution in [0.4, 0.5) is 13.6 Å². The predicted molar refractivity (Wildman–Crippen MR) is 84.3 cm³/mol. The van der Waals surface area contributed by atoms with Crippen LogP contribution in [0.15, 0.2) is 18.2 Å². The number of nitrogens with one attached hydrogen (secondary N) is 2. The van der Waals surface area contributed by atoms with E-state index in [1.165, 1.54) is 0 Å². The number of halogens is 2. The van der Waals surface area contributed by atoms with Crippen LogP contribution in [0, 0.1) is 11.6 Å². The average molecular weight is 351 g/mol. The van der Waals surface area contributed by atoms with E-state index in [0.29, 0.717) is 18.4 Å². The predicted octanol–water partition coefficient (Wildman–Crippen LogP) is 1.84. The van der Waals surface area contributed by atoms with Crippen molar-refractivity contribution in [2.24, 2.45) is 0 Å². The molecular weight excluding hydrogens is 332 g/mol. The van der Waals surface area contributed by atoms with Crippen LogP contribution >= 0.6 is 0 Å². The fourth-order valence-corrected chi connectivity index (χ4v) is 3.41. The van der Waals surface area contributed by atoms with Crippen LogP contribution in [0.25, 0.3) is 0 Å². The van der Waals surface area contributed by atoms with E-state index in [4.69, 9.17) is 0 Å². The monoisotopic (exact) mass is 351 g/mol. The standard InChI is InChI=1S/C17H19F2N3O3/c18-12-7-11(8-13(19)9-12)10-20-14(23)3-6-22-15(24)17(21-16(22)25)4-1-2-5-17/h7-9H,1-6,10H2,(H,20,23)(H,21,25). The summed E-state index contributed by atoms with van der Waals surface area (Å²) in [6, 6.07) is 2.55. The van der Waals surface area contributed by atoms with Crippen molar-refractivity contribution in [2.75, 3.05) is 6.54 Å². The van der Waals surface area contributed by atoms with Gasteiger partial charge in [0.1, 0.15) is 17.2 Å². The average Bonchev–Trinajstić information content (AvgIpc) is 3.09. The minimum atomic E-state index is -0.785. The molecule has 1 spiro atoms. The molecule has 2 N–H and O–H groups in total. The second-order valence-electron chi connectivity index (χ2n) is 6.48. The Labute approximate surface area is 143 Å². The molecule has 4 amide bonds. The van der Waals surface area contributed by atoms with E-state index < -0.39 is 29.1 Å². The Morgan fingerprint density at radius 2 is 1.80 bits per heavy atom. The molecule has 3 rings (SSSR count).